The molecule has 1 saturated carbocycles. The first-order valence-electron chi connectivity index (χ1n) is 5.12. The van der Waals surface area contributed by atoms with Crippen LogP contribution in [0.3, 0.4) is 0 Å². The van der Waals surface area contributed by atoms with E-state index in [0.29, 0.717) is 5.78 Å². The minimum Gasteiger partial charge on any atom is -0.305 e. The van der Waals surface area contributed by atoms with Gasteiger partial charge in [-0.2, -0.15) is 0 Å². The van der Waals surface area contributed by atoms with E-state index in [-0.39, 0.29) is 5.54 Å². The zero-order chi connectivity index (χ0) is 8.44. The number of rotatable bonds is 0. The molecule has 0 aromatic rings. The fraction of sp³-hybridized carbons (Fsp3) is 0.900. The molecule has 1 heterocycles. The Bertz CT molecular complexity index is 174. The van der Waals surface area contributed by atoms with Crippen LogP contribution in [0.5, 0.6) is 0 Å². The standard InChI is InChI=1S/C10H17NO/c12-9-5-1-2-6-10(9)7-3-4-8-11-10/h11H,1-8H2. The molecule has 0 amide bonds. The van der Waals surface area contributed by atoms with Crippen LogP contribution in [0.25, 0.3) is 0 Å². The zero-order valence-electron chi connectivity index (χ0n) is 7.57. The maximum absolute atomic E-state index is 11.7. The maximum atomic E-state index is 11.7. The Morgan fingerprint density at radius 1 is 1.08 bits per heavy atom. The van der Waals surface area contributed by atoms with E-state index >= 15 is 0 Å². The summed E-state index contributed by atoms with van der Waals surface area (Å²) in [5.74, 6) is 0.480. The van der Waals surface area contributed by atoms with E-state index in [9.17, 15) is 4.79 Å². The number of hydrogen-bond acceptors (Lipinski definition) is 2. The maximum Gasteiger partial charge on any atom is 0.152 e. The van der Waals surface area contributed by atoms with Crippen molar-refractivity contribution >= 4 is 5.78 Å². The third-order valence-corrected chi connectivity index (χ3v) is 3.28. The summed E-state index contributed by atoms with van der Waals surface area (Å²) in [7, 11) is 0. The molecule has 0 bridgehead atoms. The molecule has 1 N–H and O–H groups in total. The van der Waals surface area contributed by atoms with Crippen molar-refractivity contribution in [1.29, 1.82) is 0 Å². The van der Waals surface area contributed by atoms with Gasteiger partial charge in [0.25, 0.3) is 0 Å². The topological polar surface area (TPSA) is 29.1 Å². The average Bonchev–Trinajstić information content (AvgIpc) is 2.12. The van der Waals surface area contributed by atoms with E-state index in [0.717, 1.165) is 32.2 Å². The number of nitrogens with one attached hydrogen (secondary N) is 1. The third-order valence-electron chi connectivity index (χ3n) is 3.28. The van der Waals surface area contributed by atoms with E-state index in [2.05, 4.69) is 5.32 Å². The Morgan fingerprint density at radius 2 is 1.83 bits per heavy atom. The van der Waals surface area contributed by atoms with Crippen LogP contribution in [-0.2, 0) is 4.79 Å². The van der Waals surface area contributed by atoms with Gasteiger partial charge in [0.05, 0.1) is 5.54 Å². The van der Waals surface area contributed by atoms with Gasteiger partial charge in [0.1, 0.15) is 0 Å². The van der Waals surface area contributed by atoms with Crippen molar-refractivity contribution < 1.29 is 4.79 Å². The Labute approximate surface area is 73.7 Å². The molecule has 68 valence electrons. The molecule has 2 nitrogen and oxygen atoms in total. The second-order valence-corrected chi connectivity index (χ2v) is 4.10. The fourth-order valence-electron chi connectivity index (χ4n) is 2.51. The number of hydrogen-bond donors (Lipinski definition) is 1. The van der Waals surface area contributed by atoms with Crippen molar-refractivity contribution in [3.63, 3.8) is 0 Å². The van der Waals surface area contributed by atoms with E-state index in [4.69, 9.17) is 0 Å². The molecule has 1 saturated heterocycles. The minimum atomic E-state index is -0.0729. The van der Waals surface area contributed by atoms with E-state index in [1.807, 2.05) is 0 Å². The van der Waals surface area contributed by atoms with Crippen LogP contribution >= 0.6 is 0 Å². The highest BCUT2D eigenvalue weighted by atomic mass is 16.1. The molecule has 1 aliphatic carbocycles. The summed E-state index contributed by atoms with van der Waals surface area (Å²) in [6.45, 7) is 1.05. The third kappa shape index (κ3) is 1.28. The highest BCUT2D eigenvalue weighted by molar-refractivity contribution is 5.89. The first kappa shape index (κ1) is 8.24. The summed E-state index contributed by atoms with van der Waals surface area (Å²) in [5.41, 5.74) is -0.0729. The van der Waals surface area contributed by atoms with Crippen LogP contribution in [0.4, 0.5) is 0 Å². The second-order valence-electron chi connectivity index (χ2n) is 4.10. The monoisotopic (exact) mass is 167 g/mol. The molecule has 1 aliphatic heterocycles. The van der Waals surface area contributed by atoms with Crippen LogP contribution in [0, 0.1) is 0 Å². The normalized spacial score (nSPS) is 37.2. The van der Waals surface area contributed by atoms with Gasteiger partial charge in [-0.1, -0.05) is 6.42 Å². The highest BCUT2D eigenvalue weighted by Crippen LogP contribution is 2.31. The van der Waals surface area contributed by atoms with Gasteiger partial charge in [0, 0.05) is 6.42 Å². The van der Waals surface area contributed by atoms with Crippen LogP contribution in [0.1, 0.15) is 44.9 Å². The molecule has 2 rings (SSSR count). The van der Waals surface area contributed by atoms with Gasteiger partial charge in [-0.3, -0.25) is 4.79 Å². The second kappa shape index (κ2) is 3.17. The predicted octanol–water partition coefficient (Wildman–Crippen LogP) is 1.64. The van der Waals surface area contributed by atoms with Crippen molar-refractivity contribution in [2.75, 3.05) is 6.54 Å². The van der Waals surface area contributed by atoms with Crippen LogP contribution in [-0.4, -0.2) is 17.9 Å². The Morgan fingerprint density at radius 3 is 2.50 bits per heavy atom. The van der Waals surface area contributed by atoms with E-state index in [1.165, 1.54) is 19.3 Å². The van der Waals surface area contributed by atoms with E-state index < -0.39 is 0 Å². The van der Waals surface area contributed by atoms with Crippen LogP contribution in [0.2, 0.25) is 0 Å². The van der Waals surface area contributed by atoms with Gasteiger partial charge in [0.2, 0.25) is 0 Å². The highest BCUT2D eigenvalue weighted by Gasteiger charge is 2.39. The number of piperidine rings is 1. The number of carbonyl (C=O) groups excluding carboxylic acids is 1. The molecular formula is C10H17NO. The van der Waals surface area contributed by atoms with Crippen LogP contribution < -0.4 is 5.32 Å². The number of carbonyl (C=O) groups is 1. The molecule has 1 unspecified atom stereocenters. The quantitative estimate of drug-likeness (QED) is 0.594. The summed E-state index contributed by atoms with van der Waals surface area (Å²) in [4.78, 5) is 11.7. The lowest BCUT2D eigenvalue weighted by Crippen LogP contribution is -2.55. The van der Waals surface area contributed by atoms with Crippen molar-refractivity contribution in [1.82, 2.24) is 5.32 Å². The van der Waals surface area contributed by atoms with Crippen molar-refractivity contribution in [2.24, 2.45) is 0 Å². The molecule has 2 aliphatic rings. The summed E-state index contributed by atoms with van der Waals surface area (Å²) < 4.78 is 0. The van der Waals surface area contributed by atoms with Gasteiger partial charge < -0.3 is 5.32 Å². The molecule has 1 spiro atoms. The lowest BCUT2D eigenvalue weighted by Gasteiger charge is -2.39. The number of Topliss-reactive ketones (excluding diaryl/α,β-unsaturated/α-hetero) is 1. The molecule has 2 heteroatoms. The van der Waals surface area contributed by atoms with Gasteiger partial charge in [-0.25, -0.2) is 0 Å². The SMILES string of the molecule is O=C1CCCCC12CCCCN2. The lowest BCUT2D eigenvalue weighted by molar-refractivity contribution is -0.128. The minimum absolute atomic E-state index is 0.0729. The average molecular weight is 167 g/mol. The molecular weight excluding hydrogens is 150 g/mol. The van der Waals surface area contributed by atoms with Gasteiger partial charge in [-0.15, -0.1) is 0 Å². The molecule has 0 aromatic heterocycles. The summed E-state index contributed by atoms with van der Waals surface area (Å²) in [6, 6.07) is 0. The molecule has 0 aromatic carbocycles. The molecule has 1 atom stereocenters. The number of ketones is 1. The lowest BCUT2D eigenvalue weighted by atomic mass is 9.75. The summed E-state index contributed by atoms with van der Waals surface area (Å²) in [6.07, 6.45) is 7.82. The Balaban J connectivity index is 2.09. The fourth-order valence-corrected chi connectivity index (χ4v) is 2.51. The van der Waals surface area contributed by atoms with Crippen molar-refractivity contribution in [3.8, 4) is 0 Å². The van der Waals surface area contributed by atoms with Gasteiger partial charge in [0.15, 0.2) is 5.78 Å². The largest absolute Gasteiger partial charge is 0.305 e. The predicted molar refractivity (Wildman–Crippen MR) is 48.1 cm³/mol. The zero-order valence-corrected chi connectivity index (χ0v) is 7.57. The first-order valence-corrected chi connectivity index (χ1v) is 5.12. The molecule has 12 heavy (non-hydrogen) atoms. The Hall–Kier alpha value is -0.370. The van der Waals surface area contributed by atoms with Crippen molar-refractivity contribution in [2.45, 2.75) is 50.5 Å². The van der Waals surface area contributed by atoms with Gasteiger partial charge >= 0.3 is 0 Å². The van der Waals surface area contributed by atoms with E-state index in [1.54, 1.807) is 0 Å². The summed E-state index contributed by atoms with van der Waals surface area (Å²) >= 11 is 0. The smallest absolute Gasteiger partial charge is 0.152 e. The molecule has 0 radical (unpaired) electrons. The Kier molecular flexibility index (Phi) is 2.18. The van der Waals surface area contributed by atoms with Crippen molar-refractivity contribution in [3.05, 3.63) is 0 Å². The summed E-state index contributed by atoms with van der Waals surface area (Å²) in [5, 5.41) is 3.43. The van der Waals surface area contributed by atoms with Gasteiger partial charge in [-0.05, 0) is 38.6 Å². The van der Waals surface area contributed by atoms with Crippen LogP contribution in [0.15, 0.2) is 0 Å². The first-order chi connectivity index (χ1) is 5.83. The molecule has 2 fully saturated rings.